The van der Waals surface area contributed by atoms with Gasteiger partial charge >= 0.3 is 0 Å². The molecule has 1 amide bonds. The fourth-order valence-electron chi connectivity index (χ4n) is 2.50. The Labute approximate surface area is 171 Å². The van der Waals surface area contributed by atoms with Crippen LogP contribution < -0.4 is 5.32 Å². The summed E-state index contributed by atoms with van der Waals surface area (Å²) in [5, 5.41) is 9.18. The standard InChI is InChI=1S/C19H18N6OS2/c1-5-27-19(20-4)13-7-6-11(2)14(8-13)15-9-22-16(10-21-15)23-18(26)17-12(3)24-25-28-17/h5-10H,1H2,2-4H3,(H,22,23,26)/b20-19-. The SMILES string of the molecule is C=CS/C(=N\C)c1ccc(C)c(-c2cnc(NC(=O)c3snnc3C)cn2)c1. The second kappa shape index (κ2) is 8.85. The molecule has 0 radical (unpaired) electrons. The number of aliphatic imine (C=N–C) groups is 1. The minimum atomic E-state index is -0.294. The lowest BCUT2D eigenvalue weighted by Crippen LogP contribution is -2.13. The fourth-order valence-corrected chi connectivity index (χ4v) is 3.58. The van der Waals surface area contributed by atoms with E-state index in [-0.39, 0.29) is 5.91 Å². The minimum absolute atomic E-state index is 0.294. The molecular formula is C19H18N6OS2. The summed E-state index contributed by atoms with van der Waals surface area (Å²) in [6.45, 7) is 7.50. The van der Waals surface area contributed by atoms with Gasteiger partial charge in [-0.15, -0.1) is 5.10 Å². The monoisotopic (exact) mass is 410 g/mol. The molecule has 0 bridgehead atoms. The minimum Gasteiger partial charge on any atom is -0.304 e. The Balaban J connectivity index is 1.84. The highest BCUT2D eigenvalue weighted by atomic mass is 32.2. The van der Waals surface area contributed by atoms with E-state index in [1.807, 2.05) is 25.1 Å². The number of hydrogen-bond acceptors (Lipinski definition) is 8. The molecule has 142 valence electrons. The van der Waals surface area contributed by atoms with E-state index in [2.05, 4.69) is 36.4 Å². The molecule has 0 unspecified atom stereocenters. The number of nitrogens with zero attached hydrogens (tertiary/aromatic N) is 5. The van der Waals surface area contributed by atoms with Crippen LogP contribution in [0.4, 0.5) is 5.82 Å². The Morgan fingerprint density at radius 1 is 1.29 bits per heavy atom. The first-order valence-corrected chi connectivity index (χ1v) is 9.97. The van der Waals surface area contributed by atoms with E-state index in [9.17, 15) is 4.79 Å². The number of benzene rings is 1. The maximum Gasteiger partial charge on any atom is 0.270 e. The van der Waals surface area contributed by atoms with E-state index < -0.39 is 0 Å². The van der Waals surface area contributed by atoms with Gasteiger partial charge in [0.2, 0.25) is 0 Å². The van der Waals surface area contributed by atoms with Crippen molar-refractivity contribution >= 4 is 40.1 Å². The highest BCUT2D eigenvalue weighted by Crippen LogP contribution is 2.25. The van der Waals surface area contributed by atoms with Gasteiger partial charge in [-0.2, -0.15) is 0 Å². The van der Waals surface area contributed by atoms with E-state index in [1.165, 1.54) is 18.0 Å². The molecule has 28 heavy (non-hydrogen) atoms. The van der Waals surface area contributed by atoms with Crippen molar-refractivity contribution in [3.63, 3.8) is 0 Å². The summed E-state index contributed by atoms with van der Waals surface area (Å²) in [5.74, 6) is 0.0753. The predicted octanol–water partition coefficient (Wildman–Crippen LogP) is 4.12. The van der Waals surface area contributed by atoms with Crippen LogP contribution in [0.5, 0.6) is 0 Å². The lowest BCUT2D eigenvalue weighted by Gasteiger charge is -2.10. The van der Waals surface area contributed by atoms with Gasteiger partial charge in [0.05, 0.1) is 23.8 Å². The van der Waals surface area contributed by atoms with Gasteiger partial charge in [0.15, 0.2) is 5.82 Å². The Bertz CT molecular complexity index is 1040. The van der Waals surface area contributed by atoms with Gasteiger partial charge in [-0.25, -0.2) is 4.98 Å². The molecule has 2 heterocycles. The van der Waals surface area contributed by atoms with Crippen LogP contribution in [0.25, 0.3) is 11.3 Å². The molecular weight excluding hydrogens is 392 g/mol. The Morgan fingerprint density at radius 3 is 2.71 bits per heavy atom. The van der Waals surface area contributed by atoms with Crippen LogP contribution >= 0.6 is 23.3 Å². The molecule has 1 N–H and O–H groups in total. The maximum atomic E-state index is 12.2. The highest BCUT2D eigenvalue weighted by Gasteiger charge is 2.14. The van der Waals surface area contributed by atoms with Crippen LogP contribution in [-0.2, 0) is 0 Å². The largest absolute Gasteiger partial charge is 0.304 e. The fraction of sp³-hybridized carbons (Fsp3) is 0.158. The topological polar surface area (TPSA) is 93.0 Å². The predicted molar refractivity (Wildman–Crippen MR) is 115 cm³/mol. The van der Waals surface area contributed by atoms with Gasteiger partial charge in [-0.05, 0) is 42.4 Å². The lowest BCUT2D eigenvalue weighted by molar-refractivity contribution is 0.102. The van der Waals surface area contributed by atoms with Crippen LogP contribution in [0.1, 0.15) is 26.5 Å². The number of aryl methyl sites for hydroxylation is 2. The summed E-state index contributed by atoms with van der Waals surface area (Å²) in [6, 6.07) is 6.07. The summed E-state index contributed by atoms with van der Waals surface area (Å²) in [4.78, 5) is 25.8. The van der Waals surface area contributed by atoms with Crippen molar-refractivity contribution in [2.75, 3.05) is 12.4 Å². The molecule has 2 aromatic heterocycles. The molecule has 0 fully saturated rings. The third kappa shape index (κ3) is 4.32. The van der Waals surface area contributed by atoms with Gasteiger partial charge in [-0.1, -0.05) is 35.0 Å². The zero-order valence-corrected chi connectivity index (χ0v) is 17.3. The van der Waals surface area contributed by atoms with E-state index in [4.69, 9.17) is 0 Å². The average molecular weight is 411 g/mol. The smallest absolute Gasteiger partial charge is 0.270 e. The van der Waals surface area contributed by atoms with Crippen molar-refractivity contribution < 1.29 is 4.79 Å². The molecule has 9 heteroatoms. The zero-order chi connectivity index (χ0) is 20.1. The number of hydrogen-bond donors (Lipinski definition) is 1. The second-order valence-electron chi connectivity index (χ2n) is 5.77. The second-order valence-corrected chi connectivity index (χ2v) is 7.48. The number of amides is 1. The maximum absolute atomic E-state index is 12.2. The van der Waals surface area contributed by atoms with E-state index in [0.717, 1.165) is 33.3 Å². The number of rotatable bonds is 5. The quantitative estimate of drug-likeness (QED) is 0.502. The number of thioether (sulfide) groups is 1. The van der Waals surface area contributed by atoms with Crippen LogP contribution in [0.3, 0.4) is 0 Å². The molecule has 3 rings (SSSR count). The Hall–Kier alpha value is -2.91. The van der Waals surface area contributed by atoms with Crippen molar-refractivity contribution in [2.45, 2.75) is 13.8 Å². The molecule has 0 saturated carbocycles. The molecule has 0 aliphatic carbocycles. The molecule has 7 nitrogen and oxygen atoms in total. The first-order chi connectivity index (χ1) is 13.5. The van der Waals surface area contributed by atoms with Gasteiger partial charge in [0.1, 0.15) is 9.92 Å². The molecule has 0 aliphatic rings. The molecule has 3 aromatic rings. The van der Waals surface area contributed by atoms with Gasteiger partial charge in [0.25, 0.3) is 5.91 Å². The van der Waals surface area contributed by atoms with Gasteiger partial charge < -0.3 is 5.32 Å². The normalized spacial score (nSPS) is 11.3. The van der Waals surface area contributed by atoms with Crippen LogP contribution in [-0.4, -0.2) is 37.6 Å². The van der Waals surface area contributed by atoms with Crippen LogP contribution in [0.15, 0.2) is 47.6 Å². The average Bonchev–Trinajstić information content (AvgIpc) is 3.13. The lowest BCUT2D eigenvalue weighted by atomic mass is 10.0. The number of carbonyl (C=O) groups is 1. The summed E-state index contributed by atoms with van der Waals surface area (Å²) in [5.41, 5.74) is 4.31. The van der Waals surface area contributed by atoms with Gasteiger partial charge in [-0.3, -0.25) is 14.8 Å². The zero-order valence-electron chi connectivity index (χ0n) is 15.6. The van der Waals surface area contributed by atoms with Crippen molar-refractivity contribution in [1.29, 1.82) is 0 Å². The van der Waals surface area contributed by atoms with Crippen molar-refractivity contribution in [1.82, 2.24) is 19.6 Å². The first-order valence-electron chi connectivity index (χ1n) is 8.31. The van der Waals surface area contributed by atoms with Gasteiger partial charge in [0, 0.05) is 18.2 Å². The molecule has 0 saturated heterocycles. The molecule has 0 aliphatic heterocycles. The number of anilines is 1. The number of aromatic nitrogens is 4. The Kier molecular flexibility index (Phi) is 6.27. The molecule has 0 spiro atoms. The van der Waals surface area contributed by atoms with Crippen molar-refractivity contribution in [3.8, 4) is 11.3 Å². The van der Waals surface area contributed by atoms with E-state index in [1.54, 1.807) is 25.6 Å². The summed E-state index contributed by atoms with van der Waals surface area (Å²) >= 11 is 2.52. The summed E-state index contributed by atoms with van der Waals surface area (Å²) in [7, 11) is 1.75. The third-order valence-electron chi connectivity index (χ3n) is 3.91. The summed E-state index contributed by atoms with van der Waals surface area (Å²) in [6.07, 6.45) is 3.18. The molecule has 0 atom stereocenters. The Morgan fingerprint density at radius 2 is 2.11 bits per heavy atom. The summed E-state index contributed by atoms with van der Waals surface area (Å²) < 4.78 is 3.77. The molecule has 1 aromatic carbocycles. The highest BCUT2D eigenvalue weighted by molar-refractivity contribution is 8.16. The number of carbonyl (C=O) groups excluding carboxylic acids is 1. The van der Waals surface area contributed by atoms with Crippen LogP contribution in [0, 0.1) is 13.8 Å². The first kappa shape index (κ1) is 19.8. The van der Waals surface area contributed by atoms with Crippen molar-refractivity contribution in [3.05, 3.63) is 64.3 Å². The van der Waals surface area contributed by atoms with Crippen LogP contribution in [0.2, 0.25) is 0 Å². The number of nitrogens with one attached hydrogen (secondary N) is 1. The van der Waals surface area contributed by atoms with E-state index in [0.29, 0.717) is 22.1 Å². The van der Waals surface area contributed by atoms with E-state index >= 15 is 0 Å². The third-order valence-corrected chi connectivity index (χ3v) is 5.54. The van der Waals surface area contributed by atoms with Crippen molar-refractivity contribution in [2.24, 2.45) is 4.99 Å².